The van der Waals surface area contributed by atoms with Crippen molar-refractivity contribution in [3.63, 3.8) is 0 Å². The van der Waals surface area contributed by atoms with Gasteiger partial charge in [-0.05, 0) is 0 Å². The van der Waals surface area contributed by atoms with Crippen molar-refractivity contribution in [3.05, 3.63) is 30.7 Å². The van der Waals surface area contributed by atoms with Crippen LogP contribution < -0.4 is 0 Å². The van der Waals surface area contributed by atoms with Crippen LogP contribution in [0.2, 0.25) is 0 Å². The van der Waals surface area contributed by atoms with Crippen molar-refractivity contribution >= 4 is 24.4 Å². The molecule has 1 aliphatic carbocycles. The molecule has 0 fully saturated rings. The summed E-state index contributed by atoms with van der Waals surface area (Å²) in [6, 6.07) is 0. The van der Waals surface area contributed by atoms with Crippen molar-refractivity contribution in [1.82, 2.24) is 0 Å². The molecule has 0 N–H and O–H groups in total. The molecule has 0 saturated heterocycles. The van der Waals surface area contributed by atoms with Crippen molar-refractivity contribution in [2.45, 2.75) is 0 Å². The van der Waals surface area contributed by atoms with Crippen LogP contribution in [0.1, 0.15) is 0 Å². The predicted octanol–water partition coefficient (Wildman–Crippen LogP) is 3.01. The van der Waals surface area contributed by atoms with Gasteiger partial charge in [0.1, 0.15) is 0 Å². The Balaban J connectivity index is 0.000000145. The molecule has 43 valence electrons. The van der Waals surface area contributed by atoms with Gasteiger partial charge in [-0.25, -0.2) is 0 Å². The molecular weight excluding hydrogens is 311 g/mol. The van der Waals surface area contributed by atoms with Gasteiger partial charge in [-0.1, -0.05) is 24.3 Å². The molecule has 0 atom stereocenters. The SMILES string of the molecule is [Br][Zr][Br].[CH]1C=CC=C1. The Morgan fingerprint density at radius 2 is 1.25 bits per heavy atom. The number of hydrogen-bond donors (Lipinski definition) is 0. The maximum absolute atomic E-state index is 3.23. The maximum Gasteiger partial charge on any atom is 0.00506 e. The molecule has 0 nitrogen and oxygen atoms in total. The van der Waals surface area contributed by atoms with Gasteiger partial charge >= 0.3 is 43.0 Å². The summed E-state index contributed by atoms with van der Waals surface area (Å²) in [6.07, 6.45) is 10.0. The number of hydrogen-bond acceptors (Lipinski definition) is 0. The Kier molecular flexibility index (Phi) is 9.70. The standard InChI is InChI=1S/C5H5.2BrH.Zr/c1-2-4-5-3-1;;;/h1-5H;2*1H;/q;;;+2/p-2. The Morgan fingerprint density at radius 1 is 0.875 bits per heavy atom. The molecule has 0 aromatic heterocycles. The van der Waals surface area contributed by atoms with Crippen LogP contribution in [0.3, 0.4) is 0 Å². The summed E-state index contributed by atoms with van der Waals surface area (Å²) in [6.45, 7) is 0. The van der Waals surface area contributed by atoms with E-state index in [1.807, 2.05) is 30.7 Å². The molecule has 0 bridgehead atoms. The van der Waals surface area contributed by atoms with Crippen molar-refractivity contribution in [2.75, 3.05) is 0 Å². The van der Waals surface area contributed by atoms with Crippen molar-refractivity contribution < 1.29 is 18.5 Å². The van der Waals surface area contributed by atoms with E-state index in [4.69, 9.17) is 0 Å². The second kappa shape index (κ2) is 8.32. The first-order valence-corrected chi connectivity index (χ1v) is 13.3. The van der Waals surface area contributed by atoms with Crippen molar-refractivity contribution in [3.8, 4) is 0 Å². The third-order valence-corrected chi connectivity index (χ3v) is 0.556. The molecule has 0 aromatic rings. The van der Waals surface area contributed by atoms with E-state index in [1.54, 1.807) is 0 Å². The average molecular weight is 316 g/mol. The summed E-state index contributed by atoms with van der Waals surface area (Å²) in [7, 11) is 0. The molecule has 0 heterocycles. The van der Waals surface area contributed by atoms with Crippen molar-refractivity contribution in [2.24, 2.45) is 0 Å². The van der Waals surface area contributed by atoms with Gasteiger partial charge in [-0.2, -0.15) is 0 Å². The minimum absolute atomic E-state index is 0.145. The summed E-state index contributed by atoms with van der Waals surface area (Å²) < 4.78 is 0. The van der Waals surface area contributed by atoms with E-state index in [-0.39, 0.29) is 18.5 Å². The predicted molar refractivity (Wildman–Crippen MR) is 40.4 cm³/mol. The van der Waals surface area contributed by atoms with Crippen LogP contribution in [0.25, 0.3) is 0 Å². The fraction of sp³-hybridized carbons (Fsp3) is 0. The molecule has 1 aliphatic rings. The van der Waals surface area contributed by atoms with E-state index in [9.17, 15) is 0 Å². The van der Waals surface area contributed by atoms with Gasteiger partial charge in [0.2, 0.25) is 0 Å². The Hall–Kier alpha value is 1.32. The molecule has 0 aromatic carbocycles. The smallest absolute Gasteiger partial charge is 0.00506 e. The van der Waals surface area contributed by atoms with Crippen LogP contribution in [0, 0.1) is 6.42 Å². The minimum Gasteiger partial charge on any atom is -0.0767 e. The second-order valence-electron chi connectivity index (χ2n) is 1.03. The topological polar surface area (TPSA) is 0 Å². The molecule has 3 heteroatoms. The van der Waals surface area contributed by atoms with Gasteiger partial charge in [0.05, 0.1) is 0 Å². The van der Waals surface area contributed by atoms with Gasteiger partial charge in [0.25, 0.3) is 0 Å². The number of rotatable bonds is 0. The zero-order valence-electron chi connectivity index (χ0n) is 4.14. The Labute approximate surface area is 72.9 Å². The first-order chi connectivity index (χ1) is 3.91. The molecule has 0 saturated carbocycles. The van der Waals surface area contributed by atoms with E-state index < -0.39 is 0 Å². The van der Waals surface area contributed by atoms with E-state index >= 15 is 0 Å². The monoisotopic (exact) mass is 313 g/mol. The molecule has 0 aliphatic heterocycles. The van der Waals surface area contributed by atoms with Crippen LogP contribution in [0.4, 0.5) is 0 Å². The Morgan fingerprint density at radius 3 is 1.38 bits per heavy atom. The van der Waals surface area contributed by atoms with Crippen LogP contribution in [-0.4, -0.2) is 0 Å². The number of allylic oxidation sites excluding steroid dienone is 4. The summed E-state index contributed by atoms with van der Waals surface area (Å²) in [5.74, 6) is 0. The third kappa shape index (κ3) is 7.32. The zero-order chi connectivity index (χ0) is 6.24. The van der Waals surface area contributed by atoms with Crippen molar-refractivity contribution in [1.29, 1.82) is 0 Å². The van der Waals surface area contributed by atoms with Crippen LogP contribution in [0.5, 0.6) is 0 Å². The van der Waals surface area contributed by atoms with Gasteiger partial charge in [-0.3, -0.25) is 0 Å². The van der Waals surface area contributed by atoms with Gasteiger partial charge in [0, 0.05) is 6.42 Å². The average Bonchev–Trinajstić information content (AvgIpc) is 2.17. The molecule has 0 amide bonds. The largest absolute Gasteiger partial charge is 0.0767 e. The van der Waals surface area contributed by atoms with Crippen LogP contribution >= 0.6 is 24.4 Å². The van der Waals surface area contributed by atoms with E-state index in [0.717, 1.165) is 0 Å². The van der Waals surface area contributed by atoms with Gasteiger partial charge < -0.3 is 0 Å². The Bertz CT molecular complexity index is 78.4. The molecule has 1 radical (unpaired) electrons. The first-order valence-electron chi connectivity index (χ1n) is 2.04. The van der Waals surface area contributed by atoms with E-state index in [0.29, 0.717) is 0 Å². The second-order valence-corrected chi connectivity index (χ2v) is 12.4. The van der Waals surface area contributed by atoms with Crippen LogP contribution in [0.15, 0.2) is 24.3 Å². The molecule has 8 heavy (non-hydrogen) atoms. The summed E-state index contributed by atoms with van der Waals surface area (Å²) >= 11 is 6.32. The fourth-order valence-corrected chi connectivity index (χ4v) is 0.321. The zero-order valence-corrected chi connectivity index (χ0v) is 9.77. The van der Waals surface area contributed by atoms with Crippen LogP contribution in [-0.2, 0) is 18.5 Å². The molecule has 1 rings (SSSR count). The quantitative estimate of drug-likeness (QED) is 0.644. The summed E-state index contributed by atoms with van der Waals surface area (Å²) in [5, 5.41) is 0. The third-order valence-electron chi connectivity index (χ3n) is 0.556. The molecule has 0 spiro atoms. The fourth-order valence-electron chi connectivity index (χ4n) is 0.321. The molecule has 0 unspecified atom stereocenters. The molecular formula is C5H5Br2Zr. The number of halogens is 2. The first kappa shape index (κ1) is 9.32. The van der Waals surface area contributed by atoms with E-state index in [2.05, 4.69) is 24.4 Å². The normalized spacial score (nSPS) is 12.8. The van der Waals surface area contributed by atoms with Gasteiger partial charge in [-0.15, -0.1) is 0 Å². The summed E-state index contributed by atoms with van der Waals surface area (Å²) in [4.78, 5) is 0. The minimum atomic E-state index is -0.145. The van der Waals surface area contributed by atoms with E-state index in [1.165, 1.54) is 0 Å². The van der Waals surface area contributed by atoms with Gasteiger partial charge in [0.15, 0.2) is 0 Å². The maximum atomic E-state index is 3.23. The summed E-state index contributed by atoms with van der Waals surface area (Å²) in [5.41, 5.74) is 0.